The number of rotatable bonds is 1. The lowest BCUT2D eigenvalue weighted by atomic mass is 10.2. The Labute approximate surface area is 83.4 Å². The molecular formula is C8H5ClN2O3. The first-order valence-electron chi connectivity index (χ1n) is 3.79. The second-order valence-electron chi connectivity index (χ2n) is 2.83. The van der Waals surface area contributed by atoms with Gasteiger partial charge in [-0.2, -0.15) is 0 Å². The van der Waals surface area contributed by atoms with Crippen LogP contribution in [0.1, 0.15) is 5.69 Å². The maximum absolute atomic E-state index is 10.6. The molecule has 0 aliphatic carbocycles. The molecule has 0 aliphatic rings. The van der Waals surface area contributed by atoms with Crippen LogP contribution in [0.3, 0.4) is 0 Å². The number of nitrogens with zero attached hydrogens (tertiary/aromatic N) is 2. The van der Waals surface area contributed by atoms with Gasteiger partial charge in [-0.15, -0.1) is 0 Å². The third-order valence-corrected chi connectivity index (χ3v) is 2.11. The summed E-state index contributed by atoms with van der Waals surface area (Å²) in [5, 5.41) is 15.2. The topological polar surface area (TPSA) is 69.2 Å². The van der Waals surface area contributed by atoms with Crippen LogP contribution in [-0.2, 0) is 0 Å². The first-order chi connectivity index (χ1) is 6.59. The highest BCUT2D eigenvalue weighted by Crippen LogP contribution is 2.31. The van der Waals surface area contributed by atoms with Crippen LogP contribution >= 0.6 is 11.6 Å². The minimum atomic E-state index is -0.543. The normalized spacial score (nSPS) is 10.7. The lowest BCUT2D eigenvalue weighted by molar-refractivity contribution is -0.383. The summed E-state index contributed by atoms with van der Waals surface area (Å²) in [4.78, 5) is 10.1. The fourth-order valence-corrected chi connectivity index (χ4v) is 1.46. The van der Waals surface area contributed by atoms with Gasteiger partial charge in [0, 0.05) is 11.1 Å². The van der Waals surface area contributed by atoms with Gasteiger partial charge >= 0.3 is 5.69 Å². The molecule has 0 saturated heterocycles. The van der Waals surface area contributed by atoms with Gasteiger partial charge in [0.1, 0.15) is 0 Å². The van der Waals surface area contributed by atoms with E-state index in [1.165, 1.54) is 6.07 Å². The van der Waals surface area contributed by atoms with Gasteiger partial charge < -0.3 is 4.52 Å². The average molecular weight is 213 g/mol. The first kappa shape index (κ1) is 8.96. The van der Waals surface area contributed by atoms with Crippen molar-refractivity contribution < 1.29 is 9.45 Å². The van der Waals surface area contributed by atoms with Crippen molar-refractivity contribution >= 4 is 28.3 Å². The number of hydrogen-bond acceptors (Lipinski definition) is 4. The van der Waals surface area contributed by atoms with E-state index in [1.807, 2.05) is 0 Å². The molecule has 0 amide bonds. The molecule has 0 bridgehead atoms. The molecule has 2 aromatic rings. The molecule has 14 heavy (non-hydrogen) atoms. The summed E-state index contributed by atoms with van der Waals surface area (Å²) in [5.41, 5.74) is 0.593. The van der Waals surface area contributed by atoms with Gasteiger partial charge in [-0.25, -0.2) is 0 Å². The highest BCUT2D eigenvalue weighted by atomic mass is 35.5. The number of fused-ring (bicyclic) bond motifs is 1. The van der Waals surface area contributed by atoms with Gasteiger partial charge in [-0.05, 0) is 13.0 Å². The lowest BCUT2D eigenvalue weighted by Crippen LogP contribution is -1.88. The van der Waals surface area contributed by atoms with Crippen LogP contribution in [0.4, 0.5) is 5.69 Å². The van der Waals surface area contributed by atoms with Gasteiger partial charge in [-0.3, -0.25) is 10.1 Å². The Bertz CT molecular complexity index is 521. The van der Waals surface area contributed by atoms with E-state index in [1.54, 1.807) is 13.0 Å². The van der Waals surface area contributed by atoms with Crippen molar-refractivity contribution in [2.24, 2.45) is 0 Å². The van der Waals surface area contributed by atoms with E-state index in [9.17, 15) is 10.1 Å². The summed E-state index contributed by atoms with van der Waals surface area (Å²) in [6, 6.07) is 2.84. The molecular weight excluding hydrogens is 208 g/mol. The zero-order chi connectivity index (χ0) is 10.3. The molecule has 0 unspecified atom stereocenters. The Kier molecular flexibility index (Phi) is 1.89. The third-order valence-electron chi connectivity index (χ3n) is 1.89. The fourth-order valence-electron chi connectivity index (χ4n) is 1.24. The predicted octanol–water partition coefficient (Wildman–Crippen LogP) is 2.70. The second kappa shape index (κ2) is 2.95. The van der Waals surface area contributed by atoms with E-state index < -0.39 is 4.92 Å². The van der Waals surface area contributed by atoms with Crippen molar-refractivity contribution in [3.63, 3.8) is 0 Å². The number of hydrogen-bond donors (Lipinski definition) is 0. The highest BCUT2D eigenvalue weighted by molar-refractivity contribution is 6.31. The van der Waals surface area contributed by atoms with Crippen LogP contribution in [0, 0.1) is 17.0 Å². The molecule has 1 aromatic carbocycles. The van der Waals surface area contributed by atoms with E-state index in [0.29, 0.717) is 16.1 Å². The number of halogens is 1. The maximum atomic E-state index is 10.6. The minimum Gasteiger partial charge on any atom is -0.349 e. The molecule has 0 radical (unpaired) electrons. The van der Waals surface area contributed by atoms with Gasteiger partial charge in [-0.1, -0.05) is 16.8 Å². The van der Waals surface area contributed by atoms with E-state index >= 15 is 0 Å². The van der Waals surface area contributed by atoms with Crippen molar-refractivity contribution in [2.45, 2.75) is 6.92 Å². The lowest BCUT2D eigenvalue weighted by Gasteiger charge is -1.93. The molecule has 0 atom stereocenters. The molecule has 0 saturated carbocycles. The third kappa shape index (κ3) is 1.22. The monoisotopic (exact) mass is 212 g/mol. The Morgan fingerprint density at radius 3 is 2.93 bits per heavy atom. The fraction of sp³-hybridized carbons (Fsp3) is 0.125. The second-order valence-corrected chi connectivity index (χ2v) is 3.26. The number of aryl methyl sites for hydroxylation is 1. The van der Waals surface area contributed by atoms with Crippen molar-refractivity contribution in [2.75, 3.05) is 0 Å². The summed E-state index contributed by atoms with van der Waals surface area (Å²) < 4.78 is 4.85. The van der Waals surface area contributed by atoms with E-state index in [0.717, 1.165) is 0 Å². The zero-order valence-corrected chi connectivity index (χ0v) is 7.91. The highest BCUT2D eigenvalue weighted by Gasteiger charge is 2.19. The zero-order valence-electron chi connectivity index (χ0n) is 7.15. The largest absolute Gasteiger partial charge is 0.349 e. The minimum absolute atomic E-state index is 0.159. The van der Waals surface area contributed by atoms with E-state index in [4.69, 9.17) is 16.1 Å². The molecule has 0 N–H and O–H groups in total. The number of aromatic nitrogens is 1. The Hall–Kier alpha value is -1.62. The van der Waals surface area contributed by atoms with E-state index in [-0.39, 0.29) is 11.3 Å². The first-order valence-corrected chi connectivity index (χ1v) is 4.17. The van der Waals surface area contributed by atoms with Gasteiger partial charge in [0.15, 0.2) is 0 Å². The van der Waals surface area contributed by atoms with Crippen LogP contribution in [0.25, 0.3) is 11.0 Å². The summed E-state index contributed by atoms with van der Waals surface area (Å²) >= 11 is 5.72. The Morgan fingerprint density at radius 2 is 2.29 bits per heavy atom. The number of nitro benzene ring substituents is 1. The molecule has 0 fully saturated rings. The van der Waals surface area contributed by atoms with Gasteiger partial charge in [0.2, 0.25) is 5.58 Å². The standard InChI is InChI=1S/C8H5ClN2O3/c1-4-6-2-5(9)3-7(11(12)13)8(6)14-10-4/h2-3H,1H3. The Balaban J connectivity index is 2.88. The molecule has 0 aliphatic heterocycles. The summed E-state index contributed by atoms with van der Waals surface area (Å²) in [5.74, 6) is 0. The Morgan fingerprint density at radius 1 is 1.57 bits per heavy atom. The van der Waals surface area contributed by atoms with Crippen molar-refractivity contribution in [1.29, 1.82) is 0 Å². The molecule has 72 valence electrons. The molecule has 0 spiro atoms. The molecule has 2 rings (SSSR count). The smallest absolute Gasteiger partial charge is 0.316 e. The van der Waals surface area contributed by atoms with E-state index in [2.05, 4.69) is 5.16 Å². The molecule has 1 heterocycles. The van der Waals surface area contributed by atoms with Crippen LogP contribution in [-0.4, -0.2) is 10.1 Å². The predicted molar refractivity (Wildman–Crippen MR) is 50.4 cm³/mol. The number of benzene rings is 1. The summed E-state index contributed by atoms with van der Waals surface area (Å²) in [6.45, 7) is 1.70. The van der Waals surface area contributed by atoms with Gasteiger partial charge in [0.05, 0.1) is 16.0 Å². The molecule has 1 aromatic heterocycles. The van der Waals surface area contributed by atoms with Crippen molar-refractivity contribution in [1.82, 2.24) is 5.16 Å². The molecule has 5 nitrogen and oxygen atoms in total. The van der Waals surface area contributed by atoms with Gasteiger partial charge in [0.25, 0.3) is 0 Å². The summed E-state index contributed by atoms with van der Waals surface area (Å²) in [7, 11) is 0. The van der Waals surface area contributed by atoms with Crippen molar-refractivity contribution in [3.8, 4) is 0 Å². The van der Waals surface area contributed by atoms with Crippen LogP contribution in [0.5, 0.6) is 0 Å². The summed E-state index contributed by atoms with van der Waals surface area (Å²) in [6.07, 6.45) is 0. The number of nitro groups is 1. The maximum Gasteiger partial charge on any atom is 0.316 e. The molecule has 6 heteroatoms. The quantitative estimate of drug-likeness (QED) is 0.538. The SMILES string of the molecule is Cc1noc2c([N+](=O)[O-])cc(Cl)cc12. The average Bonchev–Trinajstić information content (AvgIpc) is 2.47. The number of non-ortho nitro benzene ring substituents is 1. The van der Waals surface area contributed by atoms with Crippen LogP contribution in [0.2, 0.25) is 5.02 Å². The van der Waals surface area contributed by atoms with Crippen molar-refractivity contribution in [3.05, 3.63) is 33.0 Å². The van der Waals surface area contributed by atoms with Crippen LogP contribution in [0.15, 0.2) is 16.7 Å². The van der Waals surface area contributed by atoms with Crippen LogP contribution < -0.4 is 0 Å².